The molecular weight excluding hydrogens is 241 g/mol. The monoisotopic (exact) mass is 255 g/mol. The molecule has 0 aromatic heterocycles. The number of carbonyl (C=O) groups excluding carboxylic acids is 1. The fourth-order valence-electron chi connectivity index (χ4n) is 1.25. The van der Waals surface area contributed by atoms with E-state index in [-0.39, 0.29) is 23.0 Å². The maximum absolute atomic E-state index is 13.5. The molecule has 3 N–H and O–H groups in total. The van der Waals surface area contributed by atoms with Crippen molar-refractivity contribution in [1.82, 2.24) is 4.90 Å². The second-order valence-electron chi connectivity index (χ2n) is 3.67. The van der Waals surface area contributed by atoms with Crippen LogP contribution in [0.5, 0.6) is 0 Å². The van der Waals surface area contributed by atoms with E-state index in [1.165, 1.54) is 17.0 Å². The van der Waals surface area contributed by atoms with Gasteiger partial charge in [-0.2, -0.15) is 0 Å². The van der Waals surface area contributed by atoms with Crippen LogP contribution in [0.4, 0.5) is 10.1 Å². The third-order valence-electron chi connectivity index (χ3n) is 2.19. The average molecular weight is 255 g/mol. The third-order valence-corrected chi connectivity index (χ3v) is 2.39. The number of hydrogen-bond acceptors (Lipinski definition) is 3. The van der Waals surface area contributed by atoms with Crippen LogP contribution in [0.2, 0.25) is 0 Å². The van der Waals surface area contributed by atoms with E-state index in [1.807, 2.05) is 0 Å². The number of halogens is 1. The van der Waals surface area contributed by atoms with Gasteiger partial charge in [0.25, 0.3) is 0 Å². The molecule has 1 rings (SSSR count). The van der Waals surface area contributed by atoms with Gasteiger partial charge < -0.3 is 16.0 Å². The fraction of sp³-hybridized carbons (Fsp3) is 0.273. The van der Waals surface area contributed by atoms with Crippen LogP contribution >= 0.6 is 12.2 Å². The minimum atomic E-state index is -0.500. The summed E-state index contributed by atoms with van der Waals surface area (Å²) in [5.74, 6) is -0.622. The van der Waals surface area contributed by atoms with Gasteiger partial charge in [-0.3, -0.25) is 4.79 Å². The van der Waals surface area contributed by atoms with Crippen molar-refractivity contribution in [3.63, 3.8) is 0 Å². The second kappa shape index (κ2) is 5.58. The van der Waals surface area contributed by atoms with Crippen LogP contribution in [0.15, 0.2) is 18.2 Å². The zero-order chi connectivity index (χ0) is 13.0. The van der Waals surface area contributed by atoms with Crippen LogP contribution < -0.4 is 11.1 Å². The van der Waals surface area contributed by atoms with Crippen LogP contribution in [-0.4, -0.2) is 36.4 Å². The molecule has 0 aliphatic rings. The van der Waals surface area contributed by atoms with E-state index >= 15 is 0 Å². The Morgan fingerprint density at radius 2 is 2.18 bits per heavy atom. The lowest BCUT2D eigenvalue weighted by molar-refractivity contribution is -0.126. The van der Waals surface area contributed by atoms with E-state index in [9.17, 15) is 9.18 Å². The summed E-state index contributed by atoms with van der Waals surface area (Å²) < 4.78 is 13.5. The number of rotatable bonds is 4. The van der Waals surface area contributed by atoms with E-state index in [0.717, 1.165) is 0 Å². The first-order valence-electron chi connectivity index (χ1n) is 4.96. The number of hydrogen-bond donors (Lipinski definition) is 2. The average Bonchev–Trinajstić information content (AvgIpc) is 2.24. The highest BCUT2D eigenvalue weighted by Gasteiger charge is 2.12. The summed E-state index contributed by atoms with van der Waals surface area (Å²) in [6.07, 6.45) is 0. The summed E-state index contributed by atoms with van der Waals surface area (Å²) in [5.41, 5.74) is 5.99. The van der Waals surface area contributed by atoms with Gasteiger partial charge in [-0.1, -0.05) is 18.3 Å². The highest BCUT2D eigenvalue weighted by atomic mass is 32.1. The standard InChI is InChI=1S/C11H14FN3OS/c1-15(2)9(16)6-14-8-5-3-4-7(12)10(8)11(13)17/h3-5,14H,6H2,1-2H3,(H2,13,17). The van der Waals surface area contributed by atoms with Crippen LogP contribution in [0, 0.1) is 5.82 Å². The van der Waals surface area contributed by atoms with Gasteiger partial charge >= 0.3 is 0 Å². The molecule has 0 radical (unpaired) electrons. The van der Waals surface area contributed by atoms with Gasteiger partial charge in [0.1, 0.15) is 10.8 Å². The normalized spacial score (nSPS) is 9.82. The Hall–Kier alpha value is -1.69. The number of nitrogens with two attached hydrogens (primary N) is 1. The van der Waals surface area contributed by atoms with Crippen molar-refractivity contribution >= 4 is 28.8 Å². The summed E-state index contributed by atoms with van der Waals surface area (Å²) in [4.78, 5) is 12.8. The molecular formula is C11H14FN3OS. The molecule has 0 spiro atoms. The minimum Gasteiger partial charge on any atom is -0.389 e. The van der Waals surface area contributed by atoms with Crippen molar-refractivity contribution in [2.24, 2.45) is 5.73 Å². The molecule has 0 atom stereocenters. The summed E-state index contributed by atoms with van der Waals surface area (Å²) in [5, 5.41) is 2.82. The molecule has 0 aliphatic carbocycles. The molecule has 6 heteroatoms. The van der Waals surface area contributed by atoms with Crippen molar-refractivity contribution in [3.05, 3.63) is 29.6 Å². The molecule has 92 valence electrons. The number of likely N-dealkylation sites (N-methyl/N-ethyl adjacent to an activating group) is 1. The third kappa shape index (κ3) is 3.39. The van der Waals surface area contributed by atoms with Gasteiger partial charge in [0, 0.05) is 19.8 Å². The Balaban J connectivity index is 2.88. The van der Waals surface area contributed by atoms with Gasteiger partial charge in [-0.05, 0) is 12.1 Å². The van der Waals surface area contributed by atoms with Crippen molar-refractivity contribution in [2.45, 2.75) is 0 Å². The van der Waals surface area contributed by atoms with Crippen molar-refractivity contribution in [1.29, 1.82) is 0 Å². The highest BCUT2D eigenvalue weighted by Crippen LogP contribution is 2.18. The molecule has 0 unspecified atom stereocenters. The quantitative estimate of drug-likeness (QED) is 0.787. The molecule has 1 amide bonds. The predicted octanol–water partition coefficient (Wildman–Crippen LogP) is 0.960. The lowest BCUT2D eigenvalue weighted by Gasteiger charge is -2.14. The van der Waals surface area contributed by atoms with Crippen molar-refractivity contribution in [2.75, 3.05) is 26.0 Å². The smallest absolute Gasteiger partial charge is 0.241 e. The van der Waals surface area contributed by atoms with Crippen LogP contribution in [0.3, 0.4) is 0 Å². The van der Waals surface area contributed by atoms with Crippen LogP contribution in [0.1, 0.15) is 5.56 Å². The summed E-state index contributed by atoms with van der Waals surface area (Å²) in [6.45, 7) is 0.0616. The number of thiocarbonyl (C=S) groups is 1. The van der Waals surface area contributed by atoms with Gasteiger partial charge in [0.15, 0.2) is 0 Å². The predicted molar refractivity (Wildman–Crippen MR) is 69.5 cm³/mol. The summed E-state index contributed by atoms with van der Waals surface area (Å²) in [6, 6.07) is 4.42. The summed E-state index contributed by atoms with van der Waals surface area (Å²) in [7, 11) is 3.29. The topological polar surface area (TPSA) is 58.4 Å². The largest absolute Gasteiger partial charge is 0.389 e. The van der Waals surface area contributed by atoms with E-state index < -0.39 is 5.82 Å². The minimum absolute atomic E-state index is 0.0390. The Labute approximate surface area is 105 Å². The van der Waals surface area contributed by atoms with E-state index in [4.69, 9.17) is 18.0 Å². The molecule has 17 heavy (non-hydrogen) atoms. The zero-order valence-electron chi connectivity index (χ0n) is 9.66. The molecule has 0 saturated heterocycles. The van der Waals surface area contributed by atoms with E-state index in [1.54, 1.807) is 20.2 Å². The number of benzene rings is 1. The number of nitrogens with one attached hydrogen (secondary N) is 1. The molecule has 0 aliphatic heterocycles. The molecule has 1 aromatic carbocycles. The number of carbonyl (C=O) groups is 1. The first kappa shape index (κ1) is 13.4. The van der Waals surface area contributed by atoms with Gasteiger partial charge in [0.2, 0.25) is 5.91 Å². The van der Waals surface area contributed by atoms with E-state index in [0.29, 0.717) is 5.69 Å². The van der Waals surface area contributed by atoms with Crippen molar-refractivity contribution in [3.8, 4) is 0 Å². The Kier molecular flexibility index (Phi) is 4.39. The zero-order valence-corrected chi connectivity index (χ0v) is 10.5. The lowest BCUT2D eigenvalue weighted by Crippen LogP contribution is -2.29. The lowest BCUT2D eigenvalue weighted by atomic mass is 10.1. The van der Waals surface area contributed by atoms with E-state index in [2.05, 4.69) is 5.32 Å². The van der Waals surface area contributed by atoms with Crippen molar-refractivity contribution < 1.29 is 9.18 Å². The Bertz CT molecular complexity index is 448. The molecule has 0 heterocycles. The second-order valence-corrected chi connectivity index (χ2v) is 4.11. The van der Waals surface area contributed by atoms with Gasteiger partial charge in [-0.15, -0.1) is 0 Å². The fourth-order valence-corrected chi connectivity index (χ4v) is 1.46. The SMILES string of the molecule is CN(C)C(=O)CNc1cccc(F)c1C(N)=S. The first-order chi connectivity index (χ1) is 7.93. The first-order valence-corrected chi connectivity index (χ1v) is 5.36. The molecule has 0 bridgehead atoms. The number of amides is 1. The molecule has 1 aromatic rings. The van der Waals surface area contributed by atoms with Gasteiger partial charge in [-0.25, -0.2) is 4.39 Å². The van der Waals surface area contributed by atoms with Crippen LogP contribution in [-0.2, 0) is 4.79 Å². The molecule has 0 fully saturated rings. The summed E-state index contributed by atoms with van der Waals surface area (Å²) >= 11 is 4.77. The Morgan fingerprint density at radius 1 is 1.53 bits per heavy atom. The molecule has 0 saturated carbocycles. The maximum Gasteiger partial charge on any atom is 0.241 e. The number of nitrogens with zero attached hydrogens (tertiary/aromatic N) is 1. The highest BCUT2D eigenvalue weighted by molar-refractivity contribution is 7.80. The maximum atomic E-state index is 13.5. The molecule has 4 nitrogen and oxygen atoms in total. The Morgan fingerprint density at radius 3 is 2.71 bits per heavy atom. The van der Waals surface area contributed by atoms with Crippen LogP contribution in [0.25, 0.3) is 0 Å². The van der Waals surface area contributed by atoms with Gasteiger partial charge in [0.05, 0.1) is 12.1 Å². The number of anilines is 1.